The minimum absolute atomic E-state index is 0.257. The Bertz CT molecular complexity index is 593. The van der Waals surface area contributed by atoms with Crippen molar-refractivity contribution < 1.29 is 23.5 Å². The SMILES string of the molecule is NC(=O)CN(CCC1CCCCC1)C(=O)c1cc(F)c(O)c(F)c1. The highest BCUT2D eigenvalue weighted by molar-refractivity contribution is 5.96. The molecule has 1 aliphatic rings. The maximum Gasteiger partial charge on any atom is 0.254 e. The molecular formula is C17H22F2N2O3. The lowest BCUT2D eigenvalue weighted by Crippen LogP contribution is -2.39. The van der Waals surface area contributed by atoms with Crippen molar-refractivity contribution in [2.24, 2.45) is 11.7 Å². The molecule has 2 rings (SSSR count). The Morgan fingerprint density at radius 3 is 2.29 bits per heavy atom. The molecule has 0 atom stereocenters. The van der Waals surface area contributed by atoms with Crippen molar-refractivity contribution in [3.63, 3.8) is 0 Å². The fraction of sp³-hybridized carbons (Fsp3) is 0.529. The molecule has 1 saturated carbocycles. The van der Waals surface area contributed by atoms with Crippen LogP contribution in [0.15, 0.2) is 12.1 Å². The van der Waals surface area contributed by atoms with Crippen LogP contribution in [-0.4, -0.2) is 34.9 Å². The minimum atomic E-state index is -1.22. The first-order valence-electron chi connectivity index (χ1n) is 8.14. The van der Waals surface area contributed by atoms with E-state index in [-0.39, 0.29) is 12.1 Å². The Morgan fingerprint density at radius 2 is 1.75 bits per heavy atom. The largest absolute Gasteiger partial charge is 0.503 e. The summed E-state index contributed by atoms with van der Waals surface area (Å²) in [5, 5.41) is 9.12. The van der Waals surface area contributed by atoms with Gasteiger partial charge in [0.1, 0.15) is 0 Å². The van der Waals surface area contributed by atoms with E-state index < -0.39 is 29.2 Å². The van der Waals surface area contributed by atoms with Gasteiger partial charge in [-0.25, -0.2) is 8.78 Å². The lowest BCUT2D eigenvalue weighted by Gasteiger charge is -2.26. The maximum atomic E-state index is 13.5. The quantitative estimate of drug-likeness (QED) is 0.835. The Labute approximate surface area is 139 Å². The predicted molar refractivity (Wildman–Crippen MR) is 84.3 cm³/mol. The molecule has 1 aromatic rings. The van der Waals surface area contributed by atoms with Crippen LogP contribution >= 0.6 is 0 Å². The van der Waals surface area contributed by atoms with Gasteiger partial charge in [-0.15, -0.1) is 0 Å². The molecule has 2 amide bonds. The van der Waals surface area contributed by atoms with E-state index in [1.807, 2.05) is 0 Å². The van der Waals surface area contributed by atoms with E-state index >= 15 is 0 Å². The van der Waals surface area contributed by atoms with Crippen molar-refractivity contribution in [3.05, 3.63) is 29.3 Å². The van der Waals surface area contributed by atoms with E-state index in [0.29, 0.717) is 12.5 Å². The fourth-order valence-corrected chi connectivity index (χ4v) is 3.13. The first-order valence-corrected chi connectivity index (χ1v) is 8.14. The third-order valence-electron chi connectivity index (χ3n) is 4.43. The van der Waals surface area contributed by atoms with Crippen LogP contribution in [0.4, 0.5) is 8.78 Å². The highest BCUT2D eigenvalue weighted by Gasteiger charge is 2.23. The topological polar surface area (TPSA) is 83.6 Å². The molecule has 7 heteroatoms. The zero-order chi connectivity index (χ0) is 17.7. The molecule has 24 heavy (non-hydrogen) atoms. The average molecular weight is 340 g/mol. The van der Waals surface area contributed by atoms with Crippen molar-refractivity contribution in [2.75, 3.05) is 13.1 Å². The third-order valence-corrected chi connectivity index (χ3v) is 4.43. The smallest absolute Gasteiger partial charge is 0.254 e. The first kappa shape index (κ1) is 18.2. The third kappa shape index (κ3) is 4.66. The van der Waals surface area contributed by atoms with Crippen LogP contribution in [0.3, 0.4) is 0 Å². The van der Waals surface area contributed by atoms with E-state index in [2.05, 4.69) is 0 Å². The summed E-state index contributed by atoms with van der Waals surface area (Å²) in [6, 6.07) is 1.52. The standard InChI is InChI=1S/C17H22F2N2O3/c18-13-8-12(9-14(19)16(13)23)17(24)21(10-15(20)22)7-6-11-4-2-1-3-5-11/h8-9,11,23H,1-7,10H2,(H2,20,22). The van der Waals surface area contributed by atoms with Crippen molar-refractivity contribution in [1.82, 2.24) is 4.90 Å². The minimum Gasteiger partial charge on any atom is -0.503 e. The summed E-state index contributed by atoms with van der Waals surface area (Å²) in [5.74, 6) is -4.45. The maximum absolute atomic E-state index is 13.5. The van der Waals surface area contributed by atoms with Gasteiger partial charge in [0.25, 0.3) is 5.91 Å². The summed E-state index contributed by atoms with van der Waals surface area (Å²) in [6.45, 7) is -0.00772. The molecule has 1 aliphatic carbocycles. The van der Waals surface area contributed by atoms with E-state index in [9.17, 15) is 18.4 Å². The summed E-state index contributed by atoms with van der Waals surface area (Å²) in [5.41, 5.74) is 4.92. The van der Waals surface area contributed by atoms with Gasteiger partial charge in [0, 0.05) is 12.1 Å². The molecule has 5 nitrogen and oxygen atoms in total. The second-order valence-electron chi connectivity index (χ2n) is 6.27. The summed E-state index contributed by atoms with van der Waals surface area (Å²) in [7, 11) is 0. The molecule has 0 unspecified atom stereocenters. The fourth-order valence-electron chi connectivity index (χ4n) is 3.13. The molecule has 0 heterocycles. The van der Waals surface area contributed by atoms with Gasteiger partial charge in [-0.05, 0) is 24.5 Å². The molecule has 0 radical (unpaired) electrons. The Kier molecular flexibility index (Phi) is 6.11. The number of hydrogen-bond acceptors (Lipinski definition) is 3. The van der Waals surface area contributed by atoms with Crippen molar-refractivity contribution in [2.45, 2.75) is 38.5 Å². The van der Waals surface area contributed by atoms with Gasteiger partial charge in [0.15, 0.2) is 17.4 Å². The number of phenolic OH excluding ortho intramolecular Hbond substituents is 1. The van der Waals surface area contributed by atoms with Gasteiger partial charge in [0.05, 0.1) is 6.54 Å². The number of aromatic hydroxyl groups is 1. The van der Waals surface area contributed by atoms with E-state index in [4.69, 9.17) is 10.8 Å². The molecule has 0 aromatic heterocycles. The van der Waals surface area contributed by atoms with Crippen LogP contribution in [0.5, 0.6) is 5.75 Å². The molecule has 1 aromatic carbocycles. The first-order chi connectivity index (χ1) is 11.4. The Morgan fingerprint density at radius 1 is 1.17 bits per heavy atom. The normalized spacial score (nSPS) is 15.2. The lowest BCUT2D eigenvalue weighted by molar-refractivity contribution is -0.118. The number of benzene rings is 1. The Balaban J connectivity index is 2.10. The van der Waals surface area contributed by atoms with Crippen LogP contribution in [0, 0.1) is 17.6 Å². The number of carbonyl (C=O) groups excluding carboxylic acids is 2. The number of nitrogens with two attached hydrogens (primary N) is 1. The molecule has 1 fully saturated rings. The number of amides is 2. The van der Waals surface area contributed by atoms with Crippen molar-refractivity contribution >= 4 is 11.8 Å². The molecule has 132 valence electrons. The van der Waals surface area contributed by atoms with Gasteiger partial charge in [-0.2, -0.15) is 0 Å². The number of halogens is 2. The number of primary amides is 1. The summed E-state index contributed by atoms with van der Waals surface area (Å²) in [6.07, 6.45) is 6.42. The summed E-state index contributed by atoms with van der Waals surface area (Å²) in [4.78, 5) is 24.9. The Hall–Kier alpha value is -2.18. The lowest BCUT2D eigenvalue weighted by atomic mass is 9.87. The second-order valence-corrected chi connectivity index (χ2v) is 6.27. The molecule has 3 N–H and O–H groups in total. The van der Waals surface area contributed by atoms with Crippen LogP contribution in [0.1, 0.15) is 48.9 Å². The van der Waals surface area contributed by atoms with Crippen molar-refractivity contribution in [3.8, 4) is 5.75 Å². The van der Waals surface area contributed by atoms with E-state index in [1.165, 1.54) is 11.3 Å². The number of nitrogens with zero attached hydrogens (tertiary/aromatic N) is 1. The van der Waals surface area contributed by atoms with Crippen LogP contribution in [0.25, 0.3) is 0 Å². The highest BCUT2D eigenvalue weighted by atomic mass is 19.1. The zero-order valence-corrected chi connectivity index (χ0v) is 13.4. The summed E-state index contributed by atoms with van der Waals surface area (Å²) >= 11 is 0. The molecule has 0 saturated heterocycles. The van der Waals surface area contributed by atoms with Gasteiger partial charge in [-0.1, -0.05) is 32.1 Å². The van der Waals surface area contributed by atoms with Gasteiger partial charge in [0.2, 0.25) is 5.91 Å². The van der Waals surface area contributed by atoms with E-state index in [1.54, 1.807) is 0 Å². The molecule has 0 aliphatic heterocycles. The number of hydrogen-bond donors (Lipinski definition) is 2. The van der Waals surface area contributed by atoms with E-state index in [0.717, 1.165) is 44.2 Å². The molecular weight excluding hydrogens is 318 g/mol. The summed E-state index contributed by atoms with van der Waals surface area (Å²) < 4.78 is 26.9. The van der Waals surface area contributed by atoms with Crippen LogP contribution in [0.2, 0.25) is 0 Å². The average Bonchev–Trinajstić information content (AvgIpc) is 2.56. The van der Waals surface area contributed by atoms with Crippen LogP contribution in [-0.2, 0) is 4.79 Å². The number of phenols is 1. The predicted octanol–water partition coefficient (Wildman–Crippen LogP) is 2.57. The number of carbonyl (C=O) groups is 2. The monoisotopic (exact) mass is 340 g/mol. The van der Waals surface area contributed by atoms with Gasteiger partial charge < -0.3 is 15.7 Å². The molecule has 0 bridgehead atoms. The zero-order valence-electron chi connectivity index (χ0n) is 13.4. The van der Waals surface area contributed by atoms with Crippen molar-refractivity contribution in [1.29, 1.82) is 0 Å². The molecule has 0 spiro atoms. The van der Waals surface area contributed by atoms with Gasteiger partial charge in [-0.3, -0.25) is 9.59 Å². The van der Waals surface area contributed by atoms with Crippen LogP contribution < -0.4 is 5.73 Å². The van der Waals surface area contributed by atoms with Gasteiger partial charge >= 0.3 is 0 Å². The highest BCUT2D eigenvalue weighted by Crippen LogP contribution is 2.27. The number of rotatable bonds is 6. The second kappa shape index (κ2) is 8.08.